The first-order valence-electron chi connectivity index (χ1n) is 7.04. The van der Waals surface area contributed by atoms with Gasteiger partial charge in [-0.2, -0.15) is 0 Å². The van der Waals surface area contributed by atoms with Crippen molar-refractivity contribution in [2.75, 3.05) is 0 Å². The van der Waals surface area contributed by atoms with Gasteiger partial charge in [-0.05, 0) is 18.1 Å². The van der Waals surface area contributed by atoms with Crippen LogP contribution in [-0.4, -0.2) is 11.0 Å². The van der Waals surface area contributed by atoms with Crippen LogP contribution in [0.15, 0.2) is 29.6 Å². The highest BCUT2D eigenvalue weighted by molar-refractivity contribution is 7.09. The monoisotopic (exact) mass is 307 g/mol. The molecule has 5 heteroatoms. The van der Waals surface area contributed by atoms with Gasteiger partial charge in [-0.15, -0.1) is 11.3 Å². The maximum atomic E-state index is 13.7. The maximum absolute atomic E-state index is 13.7. The summed E-state index contributed by atoms with van der Waals surface area (Å²) >= 11 is 1.63. The highest BCUT2D eigenvalue weighted by Gasteiger charge is 2.19. The molecule has 0 saturated carbocycles. The Balaban J connectivity index is 2.06. The van der Waals surface area contributed by atoms with Gasteiger partial charge in [0, 0.05) is 23.3 Å². The molecule has 0 amide bonds. The molecule has 0 aliphatic carbocycles. The van der Waals surface area contributed by atoms with E-state index < -0.39 is 0 Å². The molecule has 1 heterocycles. The van der Waals surface area contributed by atoms with Gasteiger partial charge in [0.15, 0.2) is 0 Å². The minimum absolute atomic E-state index is 0.0270. The van der Waals surface area contributed by atoms with Crippen LogP contribution < -0.4 is 11.3 Å². The van der Waals surface area contributed by atoms with Crippen molar-refractivity contribution in [3.8, 4) is 0 Å². The summed E-state index contributed by atoms with van der Waals surface area (Å²) in [4.78, 5) is 4.66. The lowest BCUT2D eigenvalue weighted by Crippen LogP contribution is -2.38. The summed E-state index contributed by atoms with van der Waals surface area (Å²) in [5, 5.41) is 3.12. The summed E-state index contributed by atoms with van der Waals surface area (Å²) in [6.07, 6.45) is 1.25. The number of nitrogens with zero attached hydrogens (tertiary/aromatic N) is 1. The van der Waals surface area contributed by atoms with E-state index in [-0.39, 0.29) is 17.3 Å². The fourth-order valence-corrected chi connectivity index (χ4v) is 3.18. The standard InChI is InChI=1S/C16H22FN3S/c1-16(2,3)14-10-21-15(19-14)9-12(20-18)8-11-6-4-5-7-13(11)17/h4-7,10,12,20H,8-9,18H2,1-3H3. The molecule has 2 rings (SSSR count). The van der Waals surface area contributed by atoms with E-state index in [1.807, 2.05) is 6.07 Å². The quantitative estimate of drug-likeness (QED) is 0.659. The molecule has 0 fully saturated rings. The van der Waals surface area contributed by atoms with Crippen molar-refractivity contribution in [2.45, 2.75) is 45.1 Å². The molecule has 0 bridgehead atoms. The Bertz CT molecular complexity index is 589. The largest absolute Gasteiger partial charge is 0.271 e. The number of hydrogen-bond acceptors (Lipinski definition) is 4. The molecule has 1 aromatic carbocycles. The van der Waals surface area contributed by atoms with Crippen LogP contribution in [0.4, 0.5) is 4.39 Å². The number of hydrazine groups is 1. The van der Waals surface area contributed by atoms with E-state index in [9.17, 15) is 4.39 Å². The normalized spacial score (nSPS) is 13.4. The molecule has 3 nitrogen and oxygen atoms in total. The summed E-state index contributed by atoms with van der Waals surface area (Å²) in [6, 6.07) is 6.78. The first-order chi connectivity index (χ1) is 9.90. The van der Waals surface area contributed by atoms with Crippen LogP contribution in [0, 0.1) is 5.82 Å². The van der Waals surface area contributed by atoms with Crippen LogP contribution >= 0.6 is 11.3 Å². The molecule has 21 heavy (non-hydrogen) atoms. The number of nitrogens with one attached hydrogen (secondary N) is 1. The topological polar surface area (TPSA) is 50.9 Å². The number of halogens is 1. The molecule has 0 saturated heterocycles. The zero-order chi connectivity index (χ0) is 15.5. The van der Waals surface area contributed by atoms with E-state index in [0.29, 0.717) is 18.4 Å². The average Bonchev–Trinajstić information content (AvgIpc) is 2.89. The Kier molecular flexibility index (Phi) is 5.08. The zero-order valence-corrected chi connectivity index (χ0v) is 13.5. The second-order valence-electron chi connectivity index (χ2n) is 6.24. The predicted molar refractivity (Wildman–Crippen MR) is 85.7 cm³/mol. The molecule has 114 valence electrons. The Hall–Kier alpha value is -1.30. The maximum Gasteiger partial charge on any atom is 0.126 e. The third-order valence-electron chi connectivity index (χ3n) is 3.40. The lowest BCUT2D eigenvalue weighted by Gasteiger charge is -2.16. The summed E-state index contributed by atoms with van der Waals surface area (Å²) in [5.41, 5.74) is 4.58. The van der Waals surface area contributed by atoms with Gasteiger partial charge in [0.05, 0.1) is 10.7 Å². The lowest BCUT2D eigenvalue weighted by molar-refractivity contribution is 0.503. The van der Waals surface area contributed by atoms with Crippen molar-refractivity contribution in [3.05, 3.63) is 51.7 Å². The Morgan fingerprint density at radius 3 is 2.57 bits per heavy atom. The number of aromatic nitrogens is 1. The predicted octanol–water partition coefficient (Wildman–Crippen LogP) is 3.20. The van der Waals surface area contributed by atoms with Gasteiger partial charge < -0.3 is 0 Å². The highest BCUT2D eigenvalue weighted by atomic mass is 32.1. The van der Waals surface area contributed by atoms with Gasteiger partial charge in [-0.1, -0.05) is 39.0 Å². The smallest absolute Gasteiger partial charge is 0.126 e. The van der Waals surface area contributed by atoms with Gasteiger partial charge in [0.1, 0.15) is 5.82 Å². The zero-order valence-electron chi connectivity index (χ0n) is 12.7. The molecular weight excluding hydrogens is 285 g/mol. The van der Waals surface area contributed by atoms with Gasteiger partial charge in [0.25, 0.3) is 0 Å². The number of benzene rings is 1. The molecule has 3 N–H and O–H groups in total. The third-order valence-corrected chi connectivity index (χ3v) is 4.27. The van der Waals surface area contributed by atoms with Crippen molar-refractivity contribution < 1.29 is 4.39 Å². The van der Waals surface area contributed by atoms with Gasteiger partial charge >= 0.3 is 0 Å². The van der Waals surface area contributed by atoms with E-state index >= 15 is 0 Å². The molecule has 0 spiro atoms. The number of thiazole rings is 1. The van der Waals surface area contributed by atoms with Crippen molar-refractivity contribution in [1.82, 2.24) is 10.4 Å². The number of rotatable bonds is 5. The number of nitrogens with two attached hydrogens (primary N) is 1. The molecule has 2 aromatic rings. The average molecular weight is 307 g/mol. The van der Waals surface area contributed by atoms with Crippen molar-refractivity contribution >= 4 is 11.3 Å². The van der Waals surface area contributed by atoms with Gasteiger partial charge in [-0.3, -0.25) is 11.3 Å². The molecule has 0 aliphatic heterocycles. The molecule has 0 aliphatic rings. The first kappa shape index (κ1) is 16.1. The highest BCUT2D eigenvalue weighted by Crippen LogP contribution is 2.24. The summed E-state index contributed by atoms with van der Waals surface area (Å²) in [6.45, 7) is 6.43. The van der Waals surface area contributed by atoms with E-state index in [0.717, 1.165) is 10.7 Å². The van der Waals surface area contributed by atoms with E-state index in [2.05, 4.69) is 36.6 Å². The van der Waals surface area contributed by atoms with Crippen LogP contribution in [0.2, 0.25) is 0 Å². The minimum Gasteiger partial charge on any atom is -0.271 e. The Morgan fingerprint density at radius 2 is 2.00 bits per heavy atom. The van der Waals surface area contributed by atoms with E-state index in [1.54, 1.807) is 23.5 Å². The van der Waals surface area contributed by atoms with Crippen LogP contribution in [0.25, 0.3) is 0 Å². The Labute approximate surface area is 129 Å². The second-order valence-corrected chi connectivity index (χ2v) is 7.18. The van der Waals surface area contributed by atoms with Crippen molar-refractivity contribution in [2.24, 2.45) is 5.84 Å². The first-order valence-corrected chi connectivity index (χ1v) is 7.92. The summed E-state index contributed by atoms with van der Waals surface area (Å²) in [5.74, 6) is 5.43. The van der Waals surface area contributed by atoms with Crippen molar-refractivity contribution in [3.63, 3.8) is 0 Å². The summed E-state index contributed by atoms with van der Waals surface area (Å²) < 4.78 is 13.7. The SMILES string of the molecule is CC(C)(C)c1csc(CC(Cc2ccccc2F)NN)n1. The second kappa shape index (κ2) is 6.64. The molecular formula is C16H22FN3S. The van der Waals surface area contributed by atoms with Gasteiger partial charge in [-0.25, -0.2) is 9.37 Å². The number of hydrogen-bond donors (Lipinski definition) is 2. The molecule has 1 unspecified atom stereocenters. The van der Waals surface area contributed by atoms with E-state index in [1.165, 1.54) is 6.07 Å². The van der Waals surface area contributed by atoms with Crippen LogP contribution in [0.1, 0.15) is 37.0 Å². The van der Waals surface area contributed by atoms with Crippen LogP contribution in [-0.2, 0) is 18.3 Å². The molecule has 0 radical (unpaired) electrons. The fraction of sp³-hybridized carbons (Fsp3) is 0.438. The van der Waals surface area contributed by atoms with Gasteiger partial charge in [0.2, 0.25) is 0 Å². The van der Waals surface area contributed by atoms with Crippen LogP contribution in [0.5, 0.6) is 0 Å². The fourth-order valence-electron chi connectivity index (χ4n) is 2.08. The lowest BCUT2D eigenvalue weighted by atomic mass is 9.93. The molecule has 1 aromatic heterocycles. The third kappa shape index (κ3) is 4.33. The molecule has 1 atom stereocenters. The van der Waals surface area contributed by atoms with E-state index in [4.69, 9.17) is 5.84 Å². The van der Waals surface area contributed by atoms with Crippen LogP contribution in [0.3, 0.4) is 0 Å². The Morgan fingerprint density at radius 1 is 1.29 bits per heavy atom. The summed E-state index contributed by atoms with van der Waals surface area (Å²) in [7, 11) is 0. The van der Waals surface area contributed by atoms with Crippen molar-refractivity contribution in [1.29, 1.82) is 0 Å². The minimum atomic E-state index is -0.188.